The largest absolute Gasteiger partial charge is 0.454 e. The normalized spacial score (nSPS) is 10.3. The van der Waals surface area contributed by atoms with Gasteiger partial charge in [-0.25, -0.2) is 4.79 Å². The first-order valence-corrected chi connectivity index (χ1v) is 9.19. The molecule has 0 N–H and O–H groups in total. The summed E-state index contributed by atoms with van der Waals surface area (Å²) in [5.74, 6) is -0.809. The van der Waals surface area contributed by atoms with Crippen molar-refractivity contribution >= 4 is 23.1 Å². The number of thiophene rings is 1. The van der Waals surface area contributed by atoms with Gasteiger partial charge in [-0.3, -0.25) is 4.79 Å². The van der Waals surface area contributed by atoms with Gasteiger partial charge < -0.3 is 4.74 Å². The highest BCUT2D eigenvalue weighted by Gasteiger charge is 2.19. The molecule has 0 amide bonds. The number of nitrogens with zero attached hydrogens (tertiary/aromatic N) is 1. The quantitative estimate of drug-likeness (QED) is 0.468. The van der Waals surface area contributed by atoms with Crippen molar-refractivity contribution in [3.05, 3.63) is 81.0 Å². The van der Waals surface area contributed by atoms with E-state index in [1.54, 1.807) is 53.8 Å². The minimum atomic E-state index is -0.587. The first-order valence-electron chi connectivity index (χ1n) is 8.37. The second-order valence-electron chi connectivity index (χ2n) is 6.03. The van der Waals surface area contributed by atoms with Gasteiger partial charge in [-0.1, -0.05) is 36.4 Å². The molecule has 0 spiro atoms. The van der Waals surface area contributed by atoms with Crippen LogP contribution in [0.3, 0.4) is 0 Å². The van der Waals surface area contributed by atoms with Crippen molar-refractivity contribution in [2.45, 2.75) is 13.8 Å². The van der Waals surface area contributed by atoms with Gasteiger partial charge >= 0.3 is 5.97 Å². The Morgan fingerprint density at radius 2 is 1.67 bits per heavy atom. The van der Waals surface area contributed by atoms with E-state index in [4.69, 9.17) is 4.74 Å². The van der Waals surface area contributed by atoms with Crippen LogP contribution in [0.15, 0.2) is 54.6 Å². The van der Waals surface area contributed by atoms with Gasteiger partial charge in [0, 0.05) is 20.9 Å². The second kappa shape index (κ2) is 7.98. The van der Waals surface area contributed by atoms with Gasteiger partial charge in [0.05, 0.1) is 17.2 Å². The van der Waals surface area contributed by atoms with Gasteiger partial charge in [0.1, 0.15) is 0 Å². The zero-order chi connectivity index (χ0) is 19.4. The van der Waals surface area contributed by atoms with E-state index >= 15 is 0 Å². The van der Waals surface area contributed by atoms with E-state index in [0.29, 0.717) is 27.8 Å². The molecule has 4 nitrogen and oxygen atoms in total. The molecule has 0 saturated heterocycles. The number of hydrogen-bond donors (Lipinski definition) is 0. The van der Waals surface area contributed by atoms with Gasteiger partial charge in [0.2, 0.25) is 5.78 Å². The fraction of sp³-hybridized carbons (Fsp3) is 0.136. The molecule has 0 saturated carbocycles. The summed E-state index contributed by atoms with van der Waals surface area (Å²) in [6.07, 6.45) is 0. The smallest absolute Gasteiger partial charge is 0.339 e. The molecule has 3 rings (SSSR count). The fourth-order valence-corrected chi connectivity index (χ4v) is 3.85. The molecule has 3 aromatic rings. The van der Waals surface area contributed by atoms with Crippen molar-refractivity contribution in [3.8, 4) is 17.2 Å². The molecule has 0 radical (unpaired) electrons. The number of benzene rings is 2. The highest BCUT2D eigenvalue weighted by Crippen LogP contribution is 2.27. The number of rotatable bonds is 5. The van der Waals surface area contributed by atoms with Gasteiger partial charge in [0.25, 0.3) is 0 Å². The topological polar surface area (TPSA) is 67.2 Å². The maximum atomic E-state index is 12.6. The number of carbonyl (C=O) groups excluding carboxylic acids is 2. The molecular formula is C22H17NO3S. The Labute approximate surface area is 161 Å². The molecule has 2 aromatic carbocycles. The van der Waals surface area contributed by atoms with Crippen LogP contribution in [0.5, 0.6) is 0 Å². The number of esters is 1. The number of Topliss-reactive ketones (excluding diaryl/α,β-unsaturated/α-hetero) is 1. The first-order chi connectivity index (χ1) is 13.0. The number of nitriles is 1. The standard InChI is InChI=1S/C22H17NO3S/c1-14-11-20(15(2)27-14)21(24)13-26-22(25)19-10-6-5-9-18(19)17-8-4-3-7-16(17)12-23/h3-11H,13H2,1-2H3. The SMILES string of the molecule is Cc1cc(C(=O)COC(=O)c2ccccc2-c2ccccc2C#N)c(C)s1. The zero-order valence-corrected chi connectivity index (χ0v) is 15.8. The molecule has 5 heteroatoms. The minimum absolute atomic E-state index is 0.222. The van der Waals surface area contributed by atoms with E-state index in [1.807, 2.05) is 26.0 Å². The number of hydrogen-bond acceptors (Lipinski definition) is 5. The predicted octanol–water partition coefficient (Wildman–Crippen LogP) is 4.94. The van der Waals surface area contributed by atoms with Crippen LogP contribution < -0.4 is 0 Å². The molecule has 134 valence electrons. The van der Waals surface area contributed by atoms with Gasteiger partial charge in [-0.15, -0.1) is 11.3 Å². The van der Waals surface area contributed by atoms with Gasteiger partial charge in [-0.2, -0.15) is 5.26 Å². The van der Waals surface area contributed by atoms with Crippen LogP contribution >= 0.6 is 11.3 Å². The summed E-state index contributed by atoms with van der Waals surface area (Å²) >= 11 is 1.54. The third-order valence-corrected chi connectivity index (χ3v) is 5.13. The second-order valence-corrected chi connectivity index (χ2v) is 7.49. The molecule has 27 heavy (non-hydrogen) atoms. The van der Waals surface area contributed by atoms with Crippen LogP contribution in [0.25, 0.3) is 11.1 Å². The van der Waals surface area contributed by atoms with Crippen LogP contribution in [-0.2, 0) is 4.74 Å². The van der Waals surface area contributed by atoms with Crippen molar-refractivity contribution in [1.29, 1.82) is 5.26 Å². The Kier molecular flexibility index (Phi) is 5.49. The Hall–Kier alpha value is -3.23. The molecule has 0 bridgehead atoms. The summed E-state index contributed by atoms with van der Waals surface area (Å²) < 4.78 is 5.28. The van der Waals surface area contributed by atoms with E-state index < -0.39 is 5.97 Å². The van der Waals surface area contributed by atoms with Crippen LogP contribution in [0.4, 0.5) is 0 Å². The molecule has 0 fully saturated rings. The number of carbonyl (C=O) groups is 2. The molecule has 0 aliphatic rings. The number of ether oxygens (including phenoxy) is 1. The van der Waals surface area contributed by atoms with Crippen molar-refractivity contribution in [1.82, 2.24) is 0 Å². The third kappa shape index (κ3) is 3.97. The van der Waals surface area contributed by atoms with Crippen molar-refractivity contribution in [2.24, 2.45) is 0 Å². The predicted molar refractivity (Wildman–Crippen MR) is 105 cm³/mol. The maximum Gasteiger partial charge on any atom is 0.339 e. The molecule has 0 atom stereocenters. The summed E-state index contributed by atoms with van der Waals surface area (Å²) in [6.45, 7) is 3.49. The maximum absolute atomic E-state index is 12.6. The molecular weight excluding hydrogens is 358 g/mol. The number of ketones is 1. The van der Waals surface area contributed by atoms with Crippen molar-refractivity contribution < 1.29 is 14.3 Å². The first kappa shape index (κ1) is 18.6. The van der Waals surface area contributed by atoms with Crippen molar-refractivity contribution in [3.63, 3.8) is 0 Å². The average molecular weight is 375 g/mol. The summed E-state index contributed by atoms with van der Waals surface area (Å²) in [6, 6.07) is 17.9. The average Bonchev–Trinajstić information content (AvgIpc) is 3.04. The number of aryl methyl sites for hydroxylation is 2. The lowest BCUT2D eigenvalue weighted by atomic mass is 9.96. The summed E-state index contributed by atoms with van der Waals surface area (Å²) in [5.41, 5.74) is 2.65. The lowest BCUT2D eigenvalue weighted by Gasteiger charge is -2.10. The molecule has 0 aliphatic heterocycles. The third-order valence-electron chi connectivity index (χ3n) is 4.16. The summed E-state index contributed by atoms with van der Waals surface area (Å²) in [5, 5.41) is 9.33. The van der Waals surface area contributed by atoms with Crippen LogP contribution in [0.2, 0.25) is 0 Å². The van der Waals surface area contributed by atoms with Crippen LogP contribution in [0.1, 0.15) is 36.0 Å². The zero-order valence-electron chi connectivity index (χ0n) is 15.0. The van der Waals surface area contributed by atoms with Gasteiger partial charge in [0.15, 0.2) is 6.61 Å². The van der Waals surface area contributed by atoms with Gasteiger partial charge in [-0.05, 0) is 37.6 Å². The molecule has 0 aliphatic carbocycles. The summed E-state index contributed by atoms with van der Waals surface area (Å²) in [7, 11) is 0. The summed E-state index contributed by atoms with van der Waals surface area (Å²) in [4.78, 5) is 26.9. The highest BCUT2D eigenvalue weighted by molar-refractivity contribution is 7.12. The minimum Gasteiger partial charge on any atom is -0.454 e. The van der Waals surface area contributed by atoms with E-state index in [1.165, 1.54) is 0 Å². The fourth-order valence-electron chi connectivity index (χ4n) is 2.91. The van der Waals surface area contributed by atoms with E-state index in [0.717, 1.165) is 9.75 Å². The molecule has 1 heterocycles. The lowest BCUT2D eigenvalue weighted by Crippen LogP contribution is -2.15. The lowest BCUT2D eigenvalue weighted by molar-refractivity contribution is 0.0475. The Bertz CT molecular complexity index is 1060. The van der Waals surface area contributed by atoms with E-state index in [-0.39, 0.29) is 12.4 Å². The van der Waals surface area contributed by atoms with Crippen LogP contribution in [-0.4, -0.2) is 18.4 Å². The van der Waals surface area contributed by atoms with Crippen molar-refractivity contribution in [2.75, 3.05) is 6.61 Å². The van der Waals surface area contributed by atoms with Crippen LogP contribution in [0, 0.1) is 25.2 Å². The monoisotopic (exact) mass is 375 g/mol. The van der Waals surface area contributed by atoms with E-state index in [9.17, 15) is 14.9 Å². The van der Waals surface area contributed by atoms with E-state index in [2.05, 4.69) is 6.07 Å². The molecule has 1 aromatic heterocycles. The molecule has 0 unspecified atom stereocenters. The highest BCUT2D eigenvalue weighted by atomic mass is 32.1. The Morgan fingerprint density at radius 1 is 1.00 bits per heavy atom. The Balaban J connectivity index is 1.83. The Morgan fingerprint density at radius 3 is 2.33 bits per heavy atom.